The average Bonchev–Trinajstić information content (AvgIpc) is 2.30. The average molecular weight is 198 g/mol. The van der Waals surface area contributed by atoms with Crippen molar-refractivity contribution < 1.29 is 0 Å². The SMILES string of the molecule is CC(C)c1ccc(-c2ccccc2)nn1. The number of hydrogen-bond donors (Lipinski definition) is 0. The second-order valence-electron chi connectivity index (χ2n) is 3.86. The zero-order valence-corrected chi connectivity index (χ0v) is 9.01. The molecule has 2 nitrogen and oxygen atoms in total. The lowest BCUT2D eigenvalue weighted by Crippen LogP contribution is -1.95. The van der Waals surface area contributed by atoms with Gasteiger partial charge >= 0.3 is 0 Å². The molecule has 1 aromatic heterocycles. The fourth-order valence-corrected chi connectivity index (χ4v) is 1.41. The third-order valence-corrected chi connectivity index (χ3v) is 2.35. The first kappa shape index (κ1) is 9.84. The van der Waals surface area contributed by atoms with E-state index in [0.717, 1.165) is 17.0 Å². The van der Waals surface area contributed by atoms with Gasteiger partial charge in [-0.2, -0.15) is 10.2 Å². The smallest absolute Gasteiger partial charge is 0.0929 e. The summed E-state index contributed by atoms with van der Waals surface area (Å²) >= 11 is 0. The molecule has 0 aliphatic carbocycles. The molecule has 15 heavy (non-hydrogen) atoms. The summed E-state index contributed by atoms with van der Waals surface area (Å²) in [5.74, 6) is 0.433. The molecule has 0 saturated heterocycles. The van der Waals surface area contributed by atoms with E-state index in [1.165, 1.54) is 0 Å². The molecule has 2 aromatic rings. The molecule has 0 amide bonds. The summed E-state index contributed by atoms with van der Waals surface area (Å²) in [5.41, 5.74) is 3.08. The summed E-state index contributed by atoms with van der Waals surface area (Å²) in [6.45, 7) is 4.23. The van der Waals surface area contributed by atoms with Crippen LogP contribution in [0.5, 0.6) is 0 Å². The van der Waals surface area contributed by atoms with Crippen molar-refractivity contribution >= 4 is 0 Å². The molecule has 0 unspecified atom stereocenters. The van der Waals surface area contributed by atoms with Crippen molar-refractivity contribution in [2.45, 2.75) is 19.8 Å². The van der Waals surface area contributed by atoms with Crippen molar-refractivity contribution in [3.05, 3.63) is 48.2 Å². The highest BCUT2D eigenvalue weighted by Gasteiger charge is 2.02. The third-order valence-electron chi connectivity index (χ3n) is 2.35. The van der Waals surface area contributed by atoms with Crippen LogP contribution in [0.1, 0.15) is 25.5 Å². The maximum absolute atomic E-state index is 4.22. The Kier molecular flexibility index (Phi) is 2.77. The lowest BCUT2D eigenvalue weighted by molar-refractivity contribution is 0.787. The highest BCUT2D eigenvalue weighted by atomic mass is 15.1. The Bertz CT molecular complexity index is 418. The molecule has 0 fully saturated rings. The van der Waals surface area contributed by atoms with Crippen molar-refractivity contribution in [1.82, 2.24) is 10.2 Å². The summed E-state index contributed by atoms with van der Waals surface area (Å²) < 4.78 is 0. The van der Waals surface area contributed by atoms with E-state index in [2.05, 4.69) is 24.0 Å². The van der Waals surface area contributed by atoms with Crippen LogP contribution < -0.4 is 0 Å². The number of nitrogens with zero attached hydrogens (tertiary/aromatic N) is 2. The Labute approximate surface area is 90.0 Å². The van der Waals surface area contributed by atoms with E-state index in [-0.39, 0.29) is 0 Å². The molecule has 0 N–H and O–H groups in total. The normalized spacial score (nSPS) is 10.6. The molecule has 0 bridgehead atoms. The quantitative estimate of drug-likeness (QED) is 0.740. The minimum atomic E-state index is 0.433. The second kappa shape index (κ2) is 4.22. The fraction of sp³-hybridized carbons (Fsp3) is 0.231. The minimum absolute atomic E-state index is 0.433. The van der Waals surface area contributed by atoms with Gasteiger partial charge in [0, 0.05) is 5.56 Å². The van der Waals surface area contributed by atoms with Gasteiger partial charge < -0.3 is 0 Å². The molecular formula is C13H14N2. The molecule has 0 spiro atoms. The molecule has 2 rings (SSSR count). The van der Waals surface area contributed by atoms with Gasteiger partial charge in [0.15, 0.2) is 0 Å². The van der Waals surface area contributed by atoms with E-state index in [0.29, 0.717) is 5.92 Å². The standard InChI is InChI=1S/C13H14N2/c1-10(2)12-8-9-13(15-14-12)11-6-4-3-5-7-11/h3-10H,1-2H3. The number of benzene rings is 1. The number of hydrogen-bond acceptors (Lipinski definition) is 2. The monoisotopic (exact) mass is 198 g/mol. The van der Waals surface area contributed by atoms with Gasteiger partial charge in [0.05, 0.1) is 11.4 Å². The minimum Gasteiger partial charge on any atom is -0.155 e. The largest absolute Gasteiger partial charge is 0.155 e. The van der Waals surface area contributed by atoms with Crippen LogP contribution in [0.2, 0.25) is 0 Å². The first-order valence-electron chi connectivity index (χ1n) is 5.16. The van der Waals surface area contributed by atoms with Crippen LogP contribution in [0.4, 0.5) is 0 Å². The highest BCUT2D eigenvalue weighted by molar-refractivity contribution is 5.57. The van der Waals surface area contributed by atoms with Gasteiger partial charge in [-0.05, 0) is 18.1 Å². The Balaban J connectivity index is 2.32. The van der Waals surface area contributed by atoms with Gasteiger partial charge in [0.2, 0.25) is 0 Å². The van der Waals surface area contributed by atoms with Crippen molar-refractivity contribution in [1.29, 1.82) is 0 Å². The molecule has 0 aliphatic heterocycles. The zero-order valence-electron chi connectivity index (χ0n) is 9.01. The van der Waals surface area contributed by atoms with Crippen molar-refractivity contribution in [2.75, 3.05) is 0 Å². The molecule has 0 aliphatic rings. The van der Waals surface area contributed by atoms with Crippen LogP contribution in [0.25, 0.3) is 11.3 Å². The van der Waals surface area contributed by atoms with Crippen molar-refractivity contribution in [2.24, 2.45) is 0 Å². The van der Waals surface area contributed by atoms with Gasteiger partial charge in [-0.25, -0.2) is 0 Å². The van der Waals surface area contributed by atoms with E-state index in [1.807, 2.05) is 42.5 Å². The van der Waals surface area contributed by atoms with Gasteiger partial charge in [0.1, 0.15) is 0 Å². The fourth-order valence-electron chi connectivity index (χ4n) is 1.41. The summed E-state index contributed by atoms with van der Waals surface area (Å²) in [7, 11) is 0. The van der Waals surface area contributed by atoms with Crippen molar-refractivity contribution in [3.63, 3.8) is 0 Å². The molecule has 1 heterocycles. The van der Waals surface area contributed by atoms with Crippen LogP contribution in [0, 0.1) is 0 Å². The maximum Gasteiger partial charge on any atom is 0.0929 e. The number of rotatable bonds is 2. The molecule has 0 atom stereocenters. The molecule has 76 valence electrons. The predicted octanol–water partition coefficient (Wildman–Crippen LogP) is 3.27. The third kappa shape index (κ3) is 2.21. The maximum atomic E-state index is 4.22. The first-order chi connectivity index (χ1) is 7.27. The molecule has 1 aromatic carbocycles. The summed E-state index contributed by atoms with van der Waals surface area (Å²) in [5, 5.41) is 8.42. The summed E-state index contributed by atoms with van der Waals surface area (Å²) in [6, 6.07) is 14.2. The Morgan fingerprint density at radius 2 is 1.60 bits per heavy atom. The van der Waals surface area contributed by atoms with Crippen LogP contribution in [0.15, 0.2) is 42.5 Å². The lowest BCUT2D eigenvalue weighted by Gasteiger charge is -2.04. The Morgan fingerprint density at radius 3 is 2.13 bits per heavy atom. The van der Waals surface area contributed by atoms with Gasteiger partial charge in [-0.1, -0.05) is 44.2 Å². The van der Waals surface area contributed by atoms with E-state index < -0.39 is 0 Å². The lowest BCUT2D eigenvalue weighted by atomic mass is 10.1. The van der Waals surface area contributed by atoms with E-state index >= 15 is 0 Å². The molecule has 0 radical (unpaired) electrons. The van der Waals surface area contributed by atoms with Crippen LogP contribution >= 0.6 is 0 Å². The van der Waals surface area contributed by atoms with Crippen molar-refractivity contribution in [3.8, 4) is 11.3 Å². The van der Waals surface area contributed by atoms with E-state index in [4.69, 9.17) is 0 Å². The van der Waals surface area contributed by atoms with Gasteiger partial charge in [-0.15, -0.1) is 0 Å². The predicted molar refractivity (Wildman–Crippen MR) is 61.6 cm³/mol. The van der Waals surface area contributed by atoms with Crippen LogP contribution in [-0.4, -0.2) is 10.2 Å². The summed E-state index contributed by atoms with van der Waals surface area (Å²) in [4.78, 5) is 0. The van der Waals surface area contributed by atoms with Crippen LogP contribution in [0.3, 0.4) is 0 Å². The zero-order chi connectivity index (χ0) is 10.7. The molecular weight excluding hydrogens is 184 g/mol. The second-order valence-corrected chi connectivity index (χ2v) is 3.86. The Hall–Kier alpha value is -1.70. The molecule has 2 heteroatoms. The van der Waals surface area contributed by atoms with Gasteiger partial charge in [0.25, 0.3) is 0 Å². The van der Waals surface area contributed by atoms with Gasteiger partial charge in [-0.3, -0.25) is 0 Å². The first-order valence-corrected chi connectivity index (χ1v) is 5.16. The highest BCUT2D eigenvalue weighted by Crippen LogP contribution is 2.17. The van der Waals surface area contributed by atoms with Crippen LogP contribution in [-0.2, 0) is 0 Å². The summed E-state index contributed by atoms with van der Waals surface area (Å²) in [6.07, 6.45) is 0. The Morgan fingerprint density at radius 1 is 0.867 bits per heavy atom. The van der Waals surface area contributed by atoms with E-state index in [9.17, 15) is 0 Å². The molecule has 0 saturated carbocycles. The van der Waals surface area contributed by atoms with E-state index in [1.54, 1.807) is 0 Å². The number of aromatic nitrogens is 2. The topological polar surface area (TPSA) is 25.8 Å².